The van der Waals surface area contributed by atoms with E-state index in [1.54, 1.807) is 13.2 Å². The molecule has 0 heterocycles. The molecule has 13 heavy (non-hydrogen) atoms. The van der Waals surface area contributed by atoms with Crippen LogP contribution in [0.25, 0.3) is 0 Å². The average molecular weight is 176 g/mol. The van der Waals surface area contributed by atoms with E-state index >= 15 is 0 Å². The quantitative estimate of drug-likeness (QED) is 0.615. The van der Waals surface area contributed by atoms with Gasteiger partial charge < -0.3 is 0 Å². The van der Waals surface area contributed by atoms with Crippen LogP contribution in [-0.4, -0.2) is 12.8 Å². The maximum absolute atomic E-state index is 4.87. The van der Waals surface area contributed by atoms with Gasteiger partial charge in [0.25, 0.3) is 5.71 Å². The van der Waals surface area contributed by atoms with E-state index in [0.29, 0.717) is 0 Å². The Balaban J connectivity index is 3.01. The Morgan fingerprint density at radius 2 is 2.23 bits per heavy atom. The van der Waals surface area contributed by atoms with Gasteiger partial charge in [0.15, 0.2) is 0 Å². The standard InChI is InChI=1S/C11H13NO/c1-4-5-10-7-6-9(2)8-11(10)12-13-3/h4-8H,1H2,2-3H3/p+1/b10-5-,12-11+. The average Bonchev–Trinajstić information content (AvgIpc) is 2.10. The summed E-state index contributed by atoms with van der Waals surface area (Å²) in [7, 11) is 1.60. The number of nitrogens with one attached hydrogen (secondary N) is 1. The molecule has 0 spiro atoms. The van der Waals surface area contributed by atoms with Crippen molar-refractivity contribution in [2.45, 2.75) is 6.92 Å². The van der Waals surface area contributed by atoms with Crippen LogP contribution in [0, 0.1) is 0 Å². The third-order valence-electron chi connectivity index (χ3n) is 1.72. The molecule has 2 nitrogen and oxygen atoms in total. The van der Waals surface area contributed by atoms with E-state index in [2.05, 4.69) is 17.8 Å². The van der Waals surface area contributed by atoms with Gasteiger partial charge in [-0.3, -0.25) is 4.84 Å². The monoisotopic (exact) mass is 176 g/mol. The zero-order valence-corrected chi connectivity index (χ0v) is 8.00. The minimum Gasteiger partial charge on any atom is -0.282 e. The third-order valence-corrected chi connectivity index (χ3v) is 1.72. The molecule has 0 fully saturated rings. The molecule has 0 amide bonds. The molecule has 0 aromatic rings. The fourth-order valence-corrected chi connectivity index (χ4v) is 1.14. The van der Waals surface area contributed by atoms with Crippen molar-refractivity contribution in [1.29, 1.82) is 0 Å². The van der Waals surface area contributed by atoms with Crippen molar-refractivity contribution < 1.29 is 9.99 Å². The SMILES string of the molecule is C=C/C=C1/C=CC(C)=C/C1=[NH+]\OC. The second-order valence-electron chi connectivity index (χ2n) is 2.80. The molecule has 1 rings (SSSR count). The Hall–Kier alpha value is -1.57. The van der Waals surface area contributed by atoms with Crippen LogP contribution in [0.5, 0.6) is 0 Å². The Bertz CT molecular complexity index is 319. The first-order valence-electron chi connectivity index (χ1n) is 4.13. The molecule has 1 aliphatic rings. The number of rotatable bonds is 2. The fourth-order valence-electron chi connectivity index (χ4n) is 1.14. The highest BCUT2D eigenvalue weighted by Gasteiger charge is 2.11. The van der Waals surface area contributed by atoms with Crippen molar-refractivity contribution in [2.75, 3.05) is 7.11 Å². The summed E-state index contributed by atoms with van der Waals surface area (Å²) in [5, 5.41) is 2.82. The van der Waals surface area contributed by atoms with Crippen LogP contribution in [-0.2, 0) is 4.84 Å². The van der Waals surface area contributed by atoms with E-state index in [4.69, 9.17) is 4.84 Å². The molecule has 0 saturated heterocycles. The van der Waals surface area contributed by atoms with Gasteiger partial charge in [0.2, 0.25) is 0 Å². The molecular weight excluding hydrogens is 162 g/mol. The first-order valence-corrected chi connectivity index (χ1v) is 4.13. The summed E-state index contributed by atoms with van der Waals surface area (Å²) < 4.78 is 0. The highest BCUT2D eigenvalue weighted by Crippen LogP contribution is 2.10. The normalized spacial score (nSPS) is 21.8. The van der Waals surface area contributed by atoms with Gasteiger partial charge in [-0.2, -0.15) is 0 Å². The molecule has 0 radical (unpaired) electrons. The minimum absolute atomic E-state index is 0.961. The summed E-state index contributed by atoms with van der Waals surface area (Å²) in [6.45, 7) is 5.70. The lowest BCUT2D eigenvalue weighted by molar-refractivity contribution is -0.743. The maximum atomic E-state index is 4.87. The summed E-state index contributed by atoms with van der Waals surface area (Å²) in [6, 6.07) is 0. The zero-order valence-electron chi connectivity index (χ0n) is 8.00. The molecular formula is C11H14NO+. The van der Waals surface area contributed by atoms with Crippen molar-refractivity contribution >= 4 is 5.71 Å². The third kappa shape index (κ3) is 2.44. The van der Waals surface area contributed by atoms with Crippen molar-refractivity contribution in [1.82, 2.24) is 0 Å². The van der Waals surface area contributed by atoms with E-state index in [1.807, 2.05) is 25.2 Å². The predicted molar refractivity (Wildman–Crippen MR) is 54.2 cm³/mol. The summed E-state index contributed by atoms with van der Waals surface area (Å²) in [5.41, 5.74) is 3.23. The largest absolute Gasteiger partial charge is 0.282 e. The van der Waals surface area contributed by atoms with Crippen molar-refractivity contribution in [3.8, 4) is 0 Å². The summed E-state index contributed by atoms with van der Waals surface area (Å²) in [6.07, 6.45) is 9.79. The Morgan fingerprint density at radius 3 is 2.85 bits per heavy atom. The van der Waals surface area contributed by atoms with Gasteiger partial charge in [0.1, 0.15) is 7.11 Å². The van der Waals surface area contributed by atoms with E-state index in [9.17, 15) is 0 Å². The van der Waals surface area contributed by atoms with Gasteiger partial charge in [0, 0.05) is 6.08 Å². The highest BCUT2D eigenvalue weighted by molar-refractivity contribution is 6.08. The Labute approximate surface area is 78.6 Å². The summed E-state index contributed by atoms with van der Waals surface area (Å²) >= 11 is 0. The van der Waals surface area contributed by atoms with Gasteiger partial charge in [-0.15, -0.1) is 0 Å². The molecule has 0 aromatic heterocycles. The fraction of sp³-hybridized carbons (Fsp3) is 0.182. The first-order chi connectivity index (χ1) is 6.27. The summed E-state index contributed by atoms with van der Waals surface area (Å²) in [4.78, 5) is 4.87. The van der Waals surface area contributed by atoms with Crippen LogP contribution in [0.2, 0.25) is 0 Å². The lowest BCUT2D eigenvalue weighted by Gasteiger charge is -2.02. The van der Waals surface area contributed by atoms with Gasteiger partial charge >= 0.3 is 0 Å². The second-order valence-corrected chi connectivity index (χ2v) is 2.80. The van der Waals surface area contributed by atoms with Crippen LogP contribution in [0.1, 0.15) is 6.92 Å². The van der Waals surface area contributed by atoms with E-state index in [0.717, 1.165) is 11.3 Å². The lowest BCUT2D eigenvalue weighted by Crippen LogP contribution is -2.71. The number of hydrogen-bond acceptors (Lipinski definition) is 1. The molecule has 0 saturated carbocycles. The molecule has 68 valence electrons. The van der Waals surface area contributed by atoms with Crippen LogP contribution in [0.15, 0.2) is 48.1 Å². The maximum Gasteiger partial charge on any atom is 0.255 e. The molecule has 0 unspecified atom stereocenters. The topological polar surface area (TPSA) is 23.2 Å². The Morgan fingerprint density at radius 1 is 1.46 bits per heavy atom. The highest BCUT2D eigenvalue weighted by atomic mass is 16.6. The van der Waals surface area contributed by atoms with E-state index < -0.39 is 0 Å². The molecule has 0 aliphatic heterocycles. The second kappa shape index (κ2) is 4.45. The van der Waals surface area contributed by atoms with Crippen molar-refractivity contribution in [3.05, 3.63) is 48.1 Å². The zero-order chi connectivity index (χ0) is 9.68. The van der Waals surface area contributed by atoms with Gasteiger partial charge in [-0.05, 0) is 29.8 Å². The summed E-state index contributed by atoms with van der Waals surface area (Å²) in [5.74, 6) is 0. The van der Waals surface area contributed by atoms with Crippen molar-refractivity contribution in [2.24, 2.45) is 0 Å². The lowest BCUT2D eigenvalue weighted by atomic mass is 10.0. The van der Waals surface area contributed by atoms with E-state index in [-0.39, 0.29) is 0 Å². The first kappa shape index (κ1) is 9.52. The van der Waals surface area contributed by atoms with Crippen LogP contribution >= 0.6 is 0 Å². The minimum atomic E-state index is 0.961. The molecule has 2 heteroatoms. The predicted octanol–water partition coefficient (Wildman–Crippen LogP) is 0.698. The number of allylic oxidation sites excluding steroid dienone is 7. The van der Waals surface area contributed by atoms with Gasteiger partial charge in [0.05, 0.1) is 5.57 Å². The molecule has 1 aliphatic carbocycles. The van der Waals surface area contributed by atoms with Gasteiger partial charge in [-0.1, -0.05) is 18.7 Å². The molecule has 0 bridgehead atoms. The van der Waals surface area contributed by atoms with Crippen molar-refractivity contribution in [3.63, 3.8) is 0 Å². The van der Waals surface area contributed by atoms with Gasteiger partial charge in [-0.25, -0.2) is 0 Å². The molecule has 0 aromatic carbocycles. The molecule has 1 N–H and O–H groups in total. The number of hydrogen-bond donors (Lipinski definition) is 1. The van der Waals surface area contributed by atoms with Crippen LogP contribution in [0.4, 0.5) is 0 Å². The van der Waals surface area contributed by atoms with Crippen LogP contribution < -0.4 is 5.16 Å². The van der Waals surface area contributed by atoms with Crippen LogP contribution in [0.3, 0.4) is 0 Å². The Kier molecular flexibility index (Phi) is 3.26. The smallest absolute Gasteiger partial charge is 0.255 e. The van der Waals surface area contributed by atoms with E-state index in [1.165, 1.54) is 5.57 Å². The molecule has 0 atom stereocenters.